The molecule has 0 aliphatic carbocycles. The first kappa shape index (κ1) is 16.3. The number of ether oxygens (including phenoxy) is 1. The molecule has 0 saturated carbocycles. The molecule has 0 spiro atoms. The van der Waals surface area contributed by atoms with Gasteiger partial charge in [-0.2, -0.15) is 0 Å². The zero-order valence-electron chi connectivity index (χ0n) is 12.6. The van der Waals surface area contributed by atoms with Crippen LogP contribution in [0.3, 0.4) is 0 Å². The molecule has 0 saturated heterocycles. The Morgan fingerprint density at radius 1 is 1.35 bits per heavy atom. The number of hydrogen-bond donors (Lipinski definition) is 3. The van der Waals surface area contributed by atoms with Crippen molar-refractivity contribution in [2.45, 2.75) is 26.9 Å². The molecule has 0 bridgehead atoms. The zero-order valence-corrected chi connectivity index (χ0v) is 12.6. The van der Waals surface area contributed by atoms with Crippen LogP contribution < -0.4 is 15.4 Å². The van der Waals surface area contributed by atoms with Crippen LogP contribution in [0.4, 0.5) is 5.69 Å². The minimum absolute atomic E-state index is 0.136. The van der Waals surface area contributed by atoms with E-state index in [-0.39, 0.29) is 24.4 Å². The molecule has 112 valence electrons. The third-order valence-electron chi connectivity index (χ3n) is 3.04. The Morgan fingerprint density at radius 2 is 2.00 bits per heavy atom. The van der Waals surface area contributed by atoms with Crippen LogP contribution in [0.15, 0.2) is 24.3 Å². The van der Waals surface area contributed by atoms with E-state index in [1.165, 1.54) is 0 Å². The van der Waals surface area contributed by atoms with Crippen LogP contribution >= 0.6 is 0 Å². The highest BCUT2D eigenvalue weighted by molar-refractivity contribution is 5.81. The SMILES string of the molecule is COc1ccccc1NCC(=O)NCC(O)C(C)(C)C. The van der Waals surface area contributed by atoms with E-state index in [1.54, 1.807) is 7.11 Å². The van der Waals surface area contributed by atoms with Crippen molar-refractivity contribution >= 4 is 11.6 Å². The third-order valence-corrected chi connectivity index (χ3v) is 3.04. The van der Waals surface area contributed by atoms with E-state index >= 15 is 0 Å². The third kappa shape index (κ3) is 5.09. The van der Waals surface area contributed by atoms with E-state index < -0.39 is 6.10 Å². The van der Waals surface area contributed by atoms with Gasteiger partial charge in [-0.25, -0.2) is 0 Å². The molecule has 3 N–H and O–H groups in total. The molecular formula is C15H24N2O3. The lowest BCUT2D eigenvalue weighted by Gasteiger charge is -2.25. The number of aliphatic hydroxyl groups is 1. The number of para-hydroxylation sites is 2. The maximum Gasteiger partial charge on any atom is 0.239 e. The number of carbonyl (C=O) groups excluding carboxylic acids is 1. The number of methoxy groups -OCH3 is 1. The van der Waals surface area contributed by atoms with Crippen LogP contribution in [-0.4, -0.2) is 37.3 Å². The number of hydrogen-bond acceptors (Lipinski definition) is 4. The lowest BCUT2D eigenvalue weighted by molar-refractivity contribution is -0.120. The number of aliphatic hydroxyl groups excluding tert-OH is 1. The van der Waals surface area contributed by atoms with E-state index in [1.807, 2.05) is 45.0 Å². The Balaban J connectivity index is 2.40. The van der Waals surface area contributed by atoms with Gasteiger partial charge in [0.25, 0.3) is 0 Å². The largest absolute Gasteiger partial charge is 0.495 e. The van der Waals surface area contributed by atoms with Crippen molar-refractivity contribution in [2.75, 3.05) is 25.5 Å². The molecule has 0 aliphatic heterocycles. The monoisotopic (exact) mass is 280 g/mol. The maximum absolute atomic E-state index is 11.7. The second kappa shape index (κ2) is 7.14. The zero-order chi connectivity index (χ0) is 15.2. The highest BCUT2D eigenvalue weighted by Crippen LogP contribution is 2.22. The molecule has 0 fully saturated rings. The lowest BCUT2D eigenvalue weighted by Crippen LogP contribution is -2.41. The molecule has 0 radical (unpaired) electrons. The van der Waals surface area contributed by atoms with Crippen molar-refractivity contribution in [1.29, 1.82) is 0 Å². The number of carbonyl (C=O) groups is 1. The van der Waals surface area contributed by atoms with Gasteiger partial charge < -0.3 is 20.5 Å². The summed E-state index contributed by atoms with van der Waals surface area (Å²) in [4.78, 5) is 11.7. The van der Waals surface area contributed by atoms with Gasteiger partial charge in [0.15, 0.2) is 0 Å². The van der Waals surface area contributed by atoms with Gasteiger partial charge in [0.1, 0.15) is 5.75 Å². The summed E-state index contributed by atoms with van der Waals surface area (Å²) in [6, 6.07) is 7.40. The molecule has 0 aromatic heterocycles. The number of amides is 1. The quantitative estimate of drug-likeness (QED) is 0.740. The second-order valence-electron chi connectivity index (χ2n) is 5.74. The normalized spacial score (nSPS) is 12.7. The number of benzene rings is 1. The predicted octanol–water partition coefficient (Wildman–Crippen LogP) is 1.63. The van der Waals surface area contributed by atoms with E-state index in [0.29, 0.717) is 5.75 Å². The summed E-state index contributed by atoms with van der Waals surface area (Å²) in [5.74, 6) is 0.522. The Morgan fingerprint density at radius 3 is 2.60 bits per heavy atom. The molecule has 5 heteroatoms. The predicted molar refractivity (Wildman–Crippen MR) is 80.0 cm³/mol. The van der Waals surface area contributed by atoms with Crippen molar-refractivity contribution in [1.82, 2.24) is 5.32 Å². The molecule has 1 rings (SSSR count). The van der Waals surface area contributed by atoms with E-state index in [0.717, 1.165) is 5.69 Å². The summed E-state index contributed by atoms with van der Waals surface area (Å²) < 4.78 is 5.19. The summed E-state index contributed by atoms with van der Waals surface area (Å²) in [5, 5.41) is 15.6. The van der Waals surface area contributed by atoms with Gasteiger partial charge in [-0.05, 0) is 17.5 Å². The van der Waals surface area contributed by atoms with Crippen molar-refractivity contribution in [2.24, 2.45) is 5.41 Å². The van der Waals surface area contributed by atoms with Crippen LogP contribution in [0.5, 0.6) is 5.75 Å². The molecule has 1 aromatic carbocycles. The minimum Gasteiger partial charge on any atom is -0.495 e. The first-order chi connectivity index (χ1) is 9.34. The molecule has 1 amide bonds. The fourth-order valence-corrected chi connectivity index (χ4v) is 1.55. The van der Waals surface area contributed by atoms with Gasteiger partial charge in [0.2, 0.25) is 5.91 Å². The topological polar surface area (TPSA) is 70.6 Å². The van der Waals surface area contributed by atoms with E-state index in [9.17, 15) is 9.90 Å². The van der Waals surface area contributed by atoms with Gasteiger partial charge in [0.05, 0.1) is 25.4 Å². The van der Waals surface area contributed by atoms with Gasteiger partial charge >= 0.3 is 0 Å². The molecule has 5 nitrogen and oxygen atoms in total. The lowest BCUT2D eigenvalue weighted by atomic mass is 9.89. The second-order valence-corrected chi connectivity index (χ2v) is 5.74. The van der Waals surface area contributed by atoms with Crippen molar-refractivity contribution in [3.8, 4) is 5.75 Å². The number of rotatable bonds is 6. The molecule has 1 unspecified atom stereocenters. The van der Waals surface area contributed by atoms with Gasteiger partial charge in [-0.1, -0.05) is 32.9 Å². The summed E-state index contributed by atoms with van der Waals surface area (Å²) >= 11 is 0. The molecule has 20 heavy (non-hydrogen) atoms. The molecule has 0 aliphatic rings. The van der Waals surface area contributed by atoms with Crippen LogP contribution in [0.2, 0.25) is 0 Å². The van der Waals surface area contributed by atoms with Gasteiger partial charge in [-0.3, -0.25) is 4.79 Å². The maximum atomic E-state index is 11.7. The smallest absolute Gasteiger partial charge is 0.239 e. The summed E-state index contributed by atoms with van der Waals surface area (Å²) in [7, 11) is 1.58. The number of nitrogens with one attached hydrogen (secondary N) is 2. The molecule has 1 aromatic rings. The van der Waals surface area contributed by atoms with Crippen LogP contribution in [0, 0.1) is 5.41 Å². The Labute approximate surface area is 120 Å². The Kier molecular flexibility index (Phi) is 5.82. The summed E-state index contributed by atoms with van der Waals surface area (Å²) in [6.45, 7) is 6.16. The fourth-order valence-electron chi connectivity index (χ4n) is 1.55. The first-order valence-electron chi connectivity index (χ1n) is 6.66. The van der Waals surface area contributed by atoms with Gasteiger partial charge in [-0.15, -0.1) is 0 Å². The molecule has 0 heterocycles. The Hall–Kier alpha value is -1.75. The van der Waals surface area contributed by atoms with Crippen LogP contribution in [-0.2, 0) is 4.79 Å². The van der Waals surface area contributed by atoms with Gasteiger partial charge in [0, 0.05) is 6.54 Å². The van der Waals surface area contributed by atoms with E-state index in [2.05, 4.69) is 10.6 Å². The summed E-state index contributed by atoms with van der Waals surface area (Å²) in [5.41, 5.74) is 0.519. The Bertz CT molecular complexity index is 441. The van der Waals surface area contributed by atoms with Crippen molar-refractivity contribution in [3.63, 3.8) is 0 Å². The van der Waals surface area contributed by atoms with Crippen molar-refractivity contribution in [3.05, 3.63) is 24.3 Å². The minimum atomic E-state index is -0.572. The average molecular weight is 280 g/mol. The van der Waals surface area contributed by atoms with E-state index in [4.69, 9.17) is 4.74 Å². The molecule has 1 atom stereocenters. The highest BCUT2D eigenvalue weighted by Gasteiger charge is 2.22. The molecular weight excluding hydrogens is 256 g/mol. The van der Waals surface area contributed by atoms with Crippen LogP contribution in [0.1, 0.15) is 20.8 Å². The number of anilines is 1. The van der Waals surface area contributed by atoms with Crippen molar-refractivity contribution < 1.29 is 14.6 Å². The first-order valence-corrected chi connectivity index (χ1v) is 6.66. The summed E-state index contributed by atoms with van der Waals surface area (Å²) in [6.07, 6.45) is -0.572. The fraction of sp³-hybridized carbons (Fsp3) is 0.533. The standard InChI is InChI=1S/C15H24N2O3/c1-15(2,3)13(18)9-17-14(19)10-16-11-7-5-6-8-12(11)20-4/h5-8,13,16,18H,9-10H2,1-4H3,(H,17,19). The average Bonchev–Trinajstić information content (AvgIpc) is 2.41. The highest BCUT2D eigenvalue weighted by atomic mass is 16.5. The van der Waals surface area contributed by atoms with Crippen LogP contribution in [0.25, 0.3) is 0 Å².